The van der Waals surface area contributed by atoms with Crippen molar-refractivity contribution >= 4 is 0 Å². The Kier molecular flexibility index (Phi) is 49.7. The molecule has 5 heavy (non-hydrogen) atoms. The minimum Gasteiger partial charge on any atom is 0 e. The molecule has 0 aliphatic rings. The van der Waals surface area contributed by atoms with Crippen molar-refractivity contribution in [3.63, 3.8) is 0 Å². The van der Waals surface area contributed by atoms with Gasteiger partial charge in [-0.25, -0.2) is 0 Å². The first-order valence-electron chi connectivity index (χ1n) is 0.408. The second-order valence-electron chi connectivity index (χ2n) is 0.0833. The minimum absolute atomic E-state index is 0. The number of hydrogen-bond acceptors (Lipinski definition) is 2. The van der Waals surface area contributed by atoms with E-state index in [4.69, 9.17) is 2.10 Å². The Labute approximate surface area is 118 Å². The van der Waals surface area contributed by atoms with Gasteiger partial charge in [0, 0.05) is 83.0 Å². The van der Waals surface area contributed by atoms with Crippen molar-refractivity contribution in [3.05, 3.63) is 0 Å². The molecule has 0 aromatic carbocycles. The van der Waals surface area contributed by atoms with Gasteiger partial charge in [0.15, 0.2) is 0 Å². The summed E-state index contributed by atoms with van der Waals surface area (Å²) in [5.74, 6) is 0. The van der Waals surface area contributed by atoms with Gasteiger partial charge in [0.05, 0.1) is 0 Å². The van der Waals surface area contributed by atoms with Crippen molar-refractivity contribution in [2.45, 2.75) is 0 Å². The van der Waals surface area contributed by atoms with Crippen molar-refractivity contribution < 1.29 is 122 Å². The third-order valence-electron chi connectivity index (χ3n) is 0. The average molecular weight is 457 g/mol. The van der Waals surface area contributed by atoms with Crippen molar-refractivity contribution in [1.29, 1.82) is 0 Å². The number of hydrogen-bond donors (Lipinski definition) is 0. The summed E-state index contributed by atoms with van der Waals surface area (Å²) in [5.41, 5.74) is 0. The van der Waals surface area contributed by atoms with Crippen LogP contribution in [0.5, 0.6) is 0 Å². The Morgan fingerprint density at radius 2 is 1.20 bits per heavy atom. The first-order valence-corrected chi connectivity index (χ1v) is 3.03. The zero-order chi connectivity index (χ0) is 2.71. The SMILES string of the molecule is [Ce].[O]=[Nd]=[O].[Pr]. The van der Waals surface area contributed by atoms with Gasteiger partial charge in [-0.05, 0) is 0 Å². The van der Waals surface area contributed by atoms with Gasteiger partial charge < -0.3 is 0 Å². The van der Waals surface area contributed by atoms with Crippen LogP contribution in [0.15, 0.2) is 0 Å². The van der Waals surface area contributed by atoms with Crippen molar-refractivity contribution in [1.82, 2.24) is 0 Å². The molecule has 0 aromatic rings. The van der Waals surface area contributed by atoms with Crippen LogP contribution in [0.2, 0.25) is 0 Å². The minimum atomic E-state index is -2.42. The summed E-state index contributed by atoms with van der Waals surface area (Å²) in [5, 5.41) is 0. The zero-order valence-electron chi connectivity index (χ0n) is 2.39. The second kappa shape index (κ2) is 15.6. The summed E-state index contributed by atoms with van der Waals surface area (Å²) in [7, 11) is 0. The third-order valence-corrected chi connectivity index (χ3v) is 0. The first-order chi connectivity index (χ1) is 1.41. The molecule has 0 rings (SSSR count). The van der Waals surface area contributed by atoms with Crippen LogP contribution >= 0.6 is 0 Å². The summed E-state index contributed by atoms with van der Waals surface area (Å²) in [4.78, 5) is 0. The Morgan fingerprint density at radius 3 is 1.20 bits per heavy atom. The third kappa shape index (κ3) is 18.3. The Bertz CT molecular complexity index is 30.6. The van der Waals surface area contributed by atoms with Crippen LogP contribution in [-0.2, 0) is 2.10 Å². The normalized spacial score (nSPS) is 1.60. The van der Waals surface area contributed by atoms with E-state index in [1.165, 1.54) is 0 Å². The quantitative estimate of drug-likeness (QED) is 0.504. The van der Waals surface area contributed by atoms with Gasteiger partial charge in [-0.1, -0.05) is 0 Å². The Hall–Kier alpha value is 3.69. The van der Waals surface area contributed by atoms with Crippen molar-refractivity contribution in [2.24, 2.45) is 0 Å². The molecule has 0 amide bonds. The zero-order valence-corrected chi connectivity index (χ0v) is 12.4. The van der Waals surface area contributed by atoms with Gasteiger partial charge in [-0.2, -0.15) is 0 Å². The summed E-state index contributed by atoms with van der Waals surface area (Å²) in [6.45, 7) is 0. The molecular weight excluding hydrogens is 457 g/mol. The summed E-state index contributed by atoms with van der Waals surface area (Å²) in [6, 6.07) is 0. The molecule has 23 valence electrons. The predicted octanol–water partition coefficient (Wildman–Crippen LogP) is -0.238. The maximum absolute atomic E-state index is 8.57. The van der Waals surface area contributed by atoms with E-state index in [-0.39, 0.29) is 83.0 Å². The fourth-order valence-corrected chi connectivity index (χ4v) is 0. The molecule has 0 aromatic heterocycles. The van der Waals surface area contributed by atoms with Crippen LogP contribution in [0.4, 0.5) is 0 Å². The fraction of sp³-hybridized carbons (Fsp3) is 0. The molecule has 0 saturated heterocycles. The molecule has 0 heterocycles. The van der Waals surface area contributed by atoms with Gasteiger partial charge in [0.2, 0.25) is 0 Å². The molecule has 0 N–H and O–H groups in total. The largest absolute Gasteiger partial charge is 0 e. The van der Waals surface area contributed by atoms with E-state index in [1.54, 1.807) is 0 Å². The monoisotopic (exact) mass is 455 g/mol. The van der Waals surface area contributed by atoms with Crippen molar-refractivity contribution in [2.75, 3.05) is 0 Å². The molecule has 5 heteroatoms. The van der Waals surface area contributed by atoms with E-state index in [1.807, 2.05) is 0 Å². The average Bonchev–Trinajstić information content (AvgIpc) is 0.918. The first kappa shape index (κ1) is 15.9. The van der Waals surface area contributed by atoms with Gasteiger partial charge in [-0.3, -0.25) is 0 Å². The van der Waals surface area contributed by atoms with Crippen molar-refractivity contribution in [3.8, 4) is 0 Å². The molecule has 2 nitrogen and oxygen atoms in total. The van der Waals surface area contributed by atoms with E-state index in [0.29, 0.717) is 0 Å². The van der Waals surface area contributed by atoms with Gasteiger partial charge >= 0.3 is 39.0 Å². The Morgan fingerprint density at radius 1 is 1.20 bits per heavy atom. The van der Waals surface area contributed by atoms with Gasteiger partial charge in [0.25, 0.3) is 0 Å². The molecule has 0 atom stereocenters. The standard InChI is InChI=1S/Ce.Nd.2O.Pr. The molecule has 0 unspecified atom stereocenters. The van der Waals surface area contributed by atoms with Crippen LogP contribution in [-0.4, -0.2) is 0 Å². The molecule has 0 fully saturated rings. The van der Waals surface area contributed by atoms with Crippen LogP contribution in [0.1, 0.15) is 0 Å². The molecular formula is CeNdO2Pr. The summed E-state index contributed by atoms with van der Waals surface area (Å²) >= 11 is -2.42. The van der Waals surface area contributed by atoms with Gasteiger partial charge in [0.1, 0.15) is 0 Å². The van der Waals surface area contributed by atoms with E-state index >= 15 is 0 Å². The second-order valence-corrected chi connectivity index (χ2v) is 0.618. The Balaban J connectivity index is -0.0000000200. The maximum atomic E-state index is 8.57. The fourth-order valence-electron chi connectivity index (χ4n) is 0. The predicted molar refractivity (Wildman–Crippen MR) is 1.37 cm³/mol. The number of rotatable bonds is 0. The van der Waals surface area contributed by atoms with Crippen LogP contribution in [0.25, 0.3) is 0 Å². The molecule has 0 bridgehead atoms. The maximum Gasteiger partial charge on any atom is 0 e. The summed E-state index contributed by atoms with van der Waals surface area (Å²) in [6.07, 6.45) is 0. The molecule has 0 spiro atoms. The van der Waals surface area contributed by atoms with Crippen LogP contribution in [0, 0.1) is 120 Å². The molecule has 0 saturated carbocycles. The van der Waals surface area contributed by atoms with Gasteiger partial charge in [-0.15, -0.1) is 0 Å². The molecule has 1 radical (unpaired) electrons. The van der Waals surface area contributed by atoms with E-state index in [0.717, 1.165) is 0 Å². The van der Waals surface area contributed by atoms with Crippen LogP contribution in [0.3, 0.4) is 0 Å². The smallest absolute Gasteiger partial charge is 0 e. The van der Waals surface area contributed by atoms with E-state index in [2.05, 4.69) is 0 Å². The van der Waals surface area contributed by atoms with E-state index in [9.17, 15) is 0 Å². The molecule has 0 aliphatic carbocycles. The van der Waals surface area contributed by atoms with E-state index < -0.39 is 36.9 Å². The molecule has 0 aliphatic heterocycles. The summed E-state index contributed by atoms with van der Waals surface area (Å²) < 4.78 is 17.1. The topological polar surface area (TPSA) is 34.1 Å². The van der Waals surface area contributed by atoms with Crippen LogP contribution < -0.4 is 0 Å².